The van der Waals surface area contributed by atoms with E-state index < -0.39 is 0 Å². The largest absolute Gasteiger partial charge is 0.399 e. The summed E-state index contributed by atoms with van der Waals surface area (Å²) in [6.07, 6.45) is 2.49. The third-order valence-electron chi connectivity index (χ3n) is 3.45. The molecule has 0 aromatic heterocycles. The monoisotopic (exact) mass is 249 g/mol. The van der Waals surface area contributed by atoms with Gasteiger partial charge in [-0.1, -0.05) is 13.8 Å². The summed E-state index contributed by atoms with van der Waals surface area (Å²) in [6.45, 7) is 6.29. The summed E-state index contributed by atoms with van der Waals surface area (Å²) in [5.74, 6) is 0. The van der Waals surface area contributed by atoms with Gasteiger partial charge in [-0.25, -0.2) is 0 Å². The van der Waals surface area contributed by atoms with Crippen molar-refractivity contribution in [1.29, 1.82) is 0 Å². The quantitative estimate of drug-likeness (QED) is 0.818. The van der Waals surface area contributed by atoms with Crippen LogP contribution in [-0.2, 0) is 0 Å². The Morgan fingerprint density at radius 3 is 2.00 bits per heavy atom. The van der Waals surface area contributed by atoms with Crippen molar-refractivity contribution in [3.8, 4) is 0 Å². The van der Waals surface area contributed by atoms with Crippen LogP contribution in [0.3, 0.4) is 0 Å². The van der Waals surface area contributed by atoms with Crippen molar-refractivity contribution in [2.75, 3.05) is 37.8 Å². The molecule has 1 aromatic carbocycles. The van der Waals surface area contributed by atoms with Gasteiger partial charge in [-0.15, -0.1) is 0 Å². The molecule has 0 bridgehead atoms. The number of nitrogens with two attached hydrogens (primary N) is 1. The Morgan fingerprint density at radius 1 is 1.06 bits per heavy atom. The molecule has 1 saturated heterocycles. The topological polar surface area (TPSA) is 32.5 Å². The van der Waals surface area contributed by atoms with E-state index in [1.165, 1.54) is 18.5 Å². The van der Waals surface area contributed by atoms with Crippen molar-refractivity contribution >= 4 is 11.4 Å². The van der Waals surface area contributed by atoms with E-state index in [9.17, 15) is 0 Å². The molecule has 0 aliphatic carbocycles. The molecular weight excluding hydrogens is 222 g/mol. The van der Waals surface area contributed by atoms with E-state index >= 15 is 0 Å². The van der Waals surface area contributed by atoms with Crippen molar-refractivity contribution in [3.63, 3.8) is 0 Å². The molecule has 0 unspecified atom stereocenters. The molecule has 1 aliphatic rings. The van der Waals surface area contributed by atoms with Crippen LogP contribution in [0.1, 0.15) is 26.7 Å². The van der Waals surface area contributed by atoms with Crippen molar-refractivity contribution < 1.29 is 0 Å². The molecule has 0 radical (unpaired) electrons. The van der Waals surface area contributed by atoms with Gasteiger partial charge in [0.2, 0.25) is 0 Å². The summed E-state index contributed by atoms with van der Waals surface area (Å²) in [5, 5.41) is 0. The number of benzene rings is 1. The highest BCUT2D eigenvalue weighted by atomic mass is 15.2. The SMILES string of the molecule is CC.CN(C)C1CCN(c2ccc(N)cc2)CC1. The molecule has 2 N–H and O–H groups in total. The van der Waals surface area contributed by atoms with Crippen LogP contribution >= 0.6 is 0 Å². The number of rotatable bonds is 2. The first kappa shape index (κ1) is 14.8. The highest BCUT2D eigenvalue weighted by molar-refractivity contribution is 5.53. The maximum Gasteiger partial charge on any atom is 0.0367 e. The molecule has 102 valence electrons. The Bertz CT molecular complexity index is 324. The average molecular weight is 249 g/mol. The normalized spacial score (nSPS) is 16.4. The van der Waals surface area contributed by atoms with Crippen molar-refractivity contribution in [3.05, 3.63) is 24.3 Å². The summed E-state index contributed by atoms with van der Waals surface area (Å²) in [7, 11) is 4.34. The van der Waals surface area contributed by atoms with E-state index in [0.29, 0.717) is 0 Å². The summed E-state index contributed by atoms with van der Waals surface area (Å²) < 4.78 is 0. The number of hydrogen-bond donors (Lipinski definition) is 1. The third kappa shape index (κ3) is 3.91. The zero-order chi connectivity index (χ0) is 13.5. The molecular formula is C15H27N3. The lowest BCUT2D eigenvalue weighted by molar-refractivity contribution is 0.249. The third-order valence-corrected chi connectivity index (χ3v) is 3.45. The standard InChI is InChI=1S/C13H21N3.C2H6/c1-15(2)12-7-9-16(10-8-12)13-5-3-11(14)4-6-13;1-2/h3-6,12H,7-10,14H2,1-2H3;1-2H3. The molecule has 2 rings (SSSR count). The van der Waals surface area contributed by atoms with E-state index in [4.69, 9.17) is 5.73 Å². The number of piperidine rings is 1. The number of anilines is 2. The van der Waals surface area contributed by atoms with E-state index in [2.05, 4.69) is 36.0 Å². The van der Waals surface area contributed by atoms with Gasteiger partial charge in [-0.2, -0.15) is 0 Å². The second-order valence-electron chi connectivity index (χ2n) is 4.77. The van der Waals surface area contributed by atoms with Crippen LogP contribution in [0.25, 0.3) is 0 Å². The van der Waals surface area contributed by atoms with Gasteiger partial charge in [0.1, 0.15) is 0 Å². The lowest BCUT2D eigenvalue weighted by atomic mass is 10.0. The Kier molecular flexibility index (Phi) is 5.99. The van der Waals surface area contributed by atoms with Crippen LogP contribution in [0.5, 0.6) is 0 Å². The zero-order valence-electron chi connectivity index (χ0n) is 12.2. The average Bonchev–Trinajstić information content (AvgIpc) is 2.42. The van der Waals surface area contributed by atoms with E-state index in [1.54, 1.807) is 0 Å². The molecule has 18 heavy (non-hydrogen) atoms. The van der Waals surface area contributed by atoms with Crippen molar-refractivity contribution in [1.82, 2.24) is 4.90 Å². The minimum Gasteiger partial charge on any atom is -0.399 e. The number of hydrogen-bond acceptors (Lipinski definition) is 3. The first-order chi connectivity index (χ1) is 8.66. The first-order valence-corrected chi connectivity index (χ1v) is 6.94. The van der Waals surface area contributed by atoms with Crippen molar-refractivity contribution in [2.45, 2.75) is 32.7 Å². The number of nitrogens with zero attached hydrogens (tertiary/aromatic N) is 2. The summed E-state index contributed by atoms with van der Waals surface area (Å²) >= 11 is 0. The van der Waals surface area contributed by atoms with Crippen molar-refractivity contribution in [2.24, 2.45) is 0 Å². The lowest BCUT2D eigenvalue weighted by Gasteiger charge is -2.36. The second kappa shape index (κ2) is 7.27. The fourth-order valence-corrected chi connectivity index (χ4v) is 2.33. The molecule has 0 amide bonds. The van der Waals surface area contributed by atoms with E-state index in [-0.39, 0.29) is 0 Å². The van der Waals surface area contributed by atoms with Crippen LogP contribution in [-0.4, -0.2) is 38.1 Å². The smallest absolute Gasteiger partial charge is 0.0367 e. The van der Waals surface area contributed by atoms with Crippen LogP contribution in [0.4, 0.5) is 11.4 Å². The molecule has 1 aromatic rings. The highest BCUT2D eigenvalue weighted by Gasteiger charge is 2.20. The molecule has 3 nitrogen and oxygen atoms in total. The van der Waals surface area contributed by atoms with Crippen LogP contribution in [0.15, 0.2) is 24.3 Å². The fraction of sp³-hybridized carbons (Fsp3) is 0.600. The Labute approximate surface area is 112 Å². The minimum atomic E-state index is 0.741. The molecule has 0 saturated carbocycles. The van der Waals surface area contributed by atoms with Crippen LogP contribution in [0.2, 0.25) is 0 Å². The van der Waals surface area contributed by atoms with Gasteiger partial charge < -0.3 is 15.5 Å². The van der Waals surface area contributed by atoms with E-state index in [1.807, 2.05) is 26.0 Å². The molecule has 0 atom stereocenters. The fourth-order valence-electron chi connectivity index (χ4n) is 2.33. The number of nitrogen functional groups attached to an aromatic ring is 1. The predicted octanol–water partition coefficient (Wildman–Crippen LogP) is 2.83. The predicted molar refractivity (Wildman–Crippen MR) is 81.1 cm³/mol. The molecule has 3 heteroatoms. The highest BCUT2D eigenvalue weighted by Crippen LogP contribution is 2.22. The van der Waals surface area contributed by atoms with Gasteiger partial charge in [0.25, 0.3) is 0 Å². The maximum atomic E-state index is 5.69. The summed E-state index contributed by atoms with van der Waals surface area (Å²) in [6, 6.07) is 8.93. The summed E-state index contributed by atoms with van der Waals surface area (Å²) in [5.41, 5.74) is 7.83. The van der Waals surface area contributed by atoms with Gasteiger partial charge in [0, 0.05) is 30.5 Å². The Hall–Kier alpha value is -1.22. The van der Waals surface area contributed by atoms with Gasteiger partial charge >= 0.3 is 0 Å². The van der Waals surface area contributed by atoms with Gasteiger partial charge in [0.05, 0.1) is 0 Å². The van der Waals surface area contributed by atoms with E-state index in [0.717, 1.165) is 24.8 Å². The van der Waals surface area contributed by atoms with Crippen LogP contribution < -0.4 is 10.6 Å². The maximum absolute atomic E-state index is 5.69. The Morgan fingerprint density at radius 2 is 1.56 bits per heavy atom. The van der Waals surface area contributed by atoms with Gasteiger partial charge in [-0.3, -0.25) is 0 Å². The van der Waals surface area contributed by atoms with Crippen LogP contribution in [0, 0.1) is 0 Å². The molecule has 1 aliphatic heterocycles. The zero-order valence-corrected chi connectivity index (χ0v) is 12.2. The first-order valence-electron chi connectivity index (χ1n) is 6.94. The summed E-state index contributed by atoms with van der Waals surface area (Å²) in [4.78, 5) is 4.78. The molecule has 1 heterocycles. The minimum absolute atomic E-state index is 0.741. The Balaban J connectivity index is 0.000000771. The molecule has 0 spiro atoms. The van der Waals surface area contributed by atoms with Gasteiger partial charge in [-0.05, 0) is 51.2 Å². The second-order valence-corrected chi connectivity index (χ2v) is 4.77. The molecule has 1 fully saturated rings. The van der Waals surface area contributed by atoms with Gasteiger partial charge in [0.15, 0.2) is 0 Å². The lowest BCUT2D eigenvalue weighted by Crippen LogP contribution is -2.41.